The fourth-order valence-electron chi connectivity index (χ4n) is 2.23. The predicted molar refractivity (Wildman–Crippen MR) is 78.5 cm³/mol. The van der Waals surface area contributed by atoms with Crippen LogP contribution < -0.4 is 0 Å². The van der Waals surface area contributed by atoms with Crippen molar-refractivity contribution >= 4 is 29.1 Å². The van der Waals surface area contributed by atoms with Crippen molar-refractivity contribution in [2.24, 2.45) is 0 Å². The Bertz CT molecular complexity index is 545. The van der Waals surface area contributed by atoms with E-state index in [0.29, 0.717) is 28.9 Å². The highest BCUT2D eigenvalue weighted by Crippen LogP contribution is 2.31. The molecular weight excluding hydrogens is 281 g/mol. The van der Waals surface area contributed by atoms with E-state index in [1.54, 1.807) is 11.0 Å². The molecule has 0 bridgehead atoms. The van der Waals surface area contributed by atoms with E-state index < -0.39 is 0 Å². The molecule has 1 heterocycles. The first kappa shape index (κ1) is 14.2. The molecule has 0 radical (unpaired) electrons. The summed E-state index contributed by atoms with van der Waals surface area (Å²) < 4.78 is 0. The molecule has 2 nitrogen and oxygen atoms in total. The Balaban J connectivity index is 2.05. The Hall–Kier alpha value is -1.17. The number of carbonyl (C=O) groups excluding carboxylic acids is 1. The lowest BCUT2D eigenvalue weighted by atomic mass is 9.99. The molecule has 1 atom stereocenters. The summed E-state index contributed by atoms with van der Waals surface area (Å²) in [6.45, 7) is 3.39. The largest absolute Gasteiger partial charge is 0.331 e. The highest BCUT2D eigenvalue weighted by molar-refractivity contribution is 6.42. The van der Waals surface area contributed by atoms with Crippen molar-refractivity contribution in [3.63, 3.8) is 0 Å². The van der Waals surface area contributed by atoms with Crippen LogP contribution in [0.3, 0.4) is 0 Å². The number of hydrogen-bond acceptors (Lipinski definition) is 1. The minimum absolute atomic E-state index is 0.0792. The fraction of sp³-hybridized carbons (Fsp3) is 0.400. The summed E-state index contributed by atoms with van der Waals surface area (Å²) in [5, 5.41) is 1.12. The molecule has 19 heavy (non-hydrogen) atoms. The highest BCUT2D eigenvalue weighted by atomic mass is 35.5. The maximum atomic E-state index is 11.8. The number of halogens is 2. The van der Waals surface area contributed by atoms with Gasteiger partial charge in [-0.3, -0.25) is 4.79 Å². The third kappa shape index (κ3) is 3.43. The van der Waals surface area contributed by atoms with E-state index in [4.69, 9.17) is 23.2 Å². The number of hydrogen-bond donors (Lipinski definition) is 0. The van der Waals surface area contributed by atoms with Gasteiger partial charge in [0, 0.05) is 25.4 Å². The third-order valence-electron chi connectivity index (χ3n) is 3.26. The number of amides is 1. The zero-order valence-electron chi connectivity index (χ0n) is 10.7. The highest BCUT2D eigenvalue weighted by Gasteiger charge is 2.26. The van der Waals surface area contributed by atoms with Crippen molar-refractivity contribution in [1.29, 1.82) is 0 Å². The molecule has 1 aromatic rings. The second kappa shape index (κ2) is 6.32. The van der Waals surface area contributed by atoms with Gasteiger partial charge in [-0.05, 0) is 30.0 Å². The molecule has 0 N–H and O–H groups in total. The minimum atomic E-state index is -0.0792. The Kier molecular flexibility index (Phi) is 4.74. The molecule has 1 amide bonds. The van der Waals surface area contributed by atoms with Gasteiger partial charge in [-0.15, -0.1) is 0 Å². The standard InChI is InChI=1S/C15H15Cl2NO/c1-2-3-4-15(19)18-8-7-12(10-18)11-5-6-13(16)14(17)9-11/h5-6,9,12H,2,7-8,10H2,1H3. The molecule has 100 valence electrons. The van der Waals surface area contributed by atoms with Gasteiger partial charge in [0.1, 0.15) is 0 Å². The van der Waals surface area contributed by atoms with E-state index in [1.165, 1.54) is 0 Å². The molecule has 4 heteroatoms. The van der Waals surface area contributed by atoms with Gasteiger partial charge in [0.25, 0.3) is 5.91 Å². The smallest absolute Gasteiger partial charge is 0.298 e. The number of rotatable bonds is 1. The summed E-state index contributed by atoms with van der Waals surface area (Å²) in [5.74, 6) is 5.72. The number of benzene rings is 1. The van der Waals surface area contributed by atoms with Gasteiger partial charge in [-0.25, -0.2) is 0 Å². The van der Waals surface area contributed by atoms with E-state index in [-0.39, 0.29) is 5.91 Å². The van der Waals surface area contributed by atoms with Gasteiger partial charge in [-0.2, -0.15) is 0 Å². The molecule has 0 saturated carbocycles. The van der Waals surface area contributed by atoms with Gasteiger partial charge in [-0.1, -0.05) is 42.1 Å². The van der Waals surface area contributed by atoms with Crippen molar-refractivity contribution in [3.05, 3.63) is 33.8 Å². The van der Waals surface area contributed by atoms with Crippen LogP contribution in [0.25, 0.3) is 0 Å². The van der Waals surface area contributed by atoms with Crippen LogP contribution in [0.5, 0.6) is 0 Å². The second-order valence-electron chi connectivity index (χ2n) is 4.57. The van der Waals surface area contributed by atoms with E-state index in [1.807, 2.05) is 19.1 Å². The summed E-state index contributed by atoms with van der Waals surface area (Å²) in [5.41, 5.74) is 1.13. The first-order valence-electron chi connectivity index (χ1n) is 6.34. The van der Waals surface area contributed by atoms with Crippen molar-refractivity contribution in [3.8, 4) is 11.8 Å². The summed E-state index contributed by atoms with van der Waals surface area (Å²) in [7, 11) is 0. The van der Waals surface area contributed by atoms with Crippen LogP contribution in [0, 0.1) is 11.8 Å². The molecule has 1 aliphatic rings. The van der Waals surface area contributed by atoms with Crippen LogP contribution in [-0.2, 0) is 4.79 Å². The summed E-state index contributed by atoms with van der Waals surface area (Å²) in [6.07, 6.45) is 1.65. The molecular formula is C15H15Cl2NO. The van der Waals surface area contributed by atoms with Crippen molar-refractivity contribution < 1.29 is 4.79 Å². The zero-order chi connectivity index (χ0) is 13.8. The van der Waals surface area contributed by atoms with Crippen LogP contribution in [0.4, 0.5) is 0 Å². The Labute approximate surface area is 123 Å². The molecule has 1 saturated heterocycles. The average Bonchev–Trinajstić information content (AvgIpc) is 2.89. The second-order valence-corrected chi connectivity index (χ2v) is 5.38. The van der Waals surface area contributed by atoms with E-state index in [2.05, 4.69) is 11.8 Å². The lowest BCUT2D eigenvalue weighted by molar-refractivity contribution is -0.124. The van der Waals surface area contributed by atoms with Crippen molar-refractivity contribution in [2.45, 2.75) is 25.7 Å². The van der Waals surface area contributed by atoms with Crippen LogP contribution in [0.2, 0.25) is 10.0 Å². The Morgan fingerprint density at radius 3 is 2.89 bits per heavy atom. The summed E-state index contributed by atoms with van der Waals surface area (Å²) in [4.78, 5) is 13.6. The summed E-state index contributed by atoms with van der Waals surface area (Å²) >= 11 is 11.9. The molecule has 1 unspecified atom stereocenters. The van der Waals surface area contributed by atoms with Gasteiger partial charge in [0.05, 0.1) is 10.0 Å². The monoisotopic (exact) mass is 295 g/mol. The summed E-state index contributed by atoms with van der Waals surface area (Å²) in [6, 6.07) is 5.67. The first-order chi connectivity index (χ1) is 9.11. The van der Waals surface area contributed by atoms with Gasteiger partial charge in [0.15, 0.2) is 0 Å². The first-order valence-corrected chi connectivity index (χ1v) is 7.10. The van der Waals surface area contributed by atoms with E-state index >= 15 is 0 Å². The van der Waals surface area contributed by atoms with Crippen LogP contribution >= 0.6 is 23.2 Å². The average molecular weight is 296 g/mol. The predicted octanol–water partition coefficient (Wildman–Crippen LogP) is 3.72. The zero-order valence-corrected chi connectivity index (χ0v) is 12.3. The number of nitrogens with zero attached hydrogens (tertiary/aromatic N) is 1. The quantitative estimate of drug-likeness (QED) is 0.723. The minimum Gasteiger partial charge on any atom is -0.331 e. The molecule has 0 aromatic heterocycles. The van der Waals surface area contributed by atoms with Crippen molar-refractivity contribution in [1.82, 2.24) is 4.90 Å². The molecule has 1 aromatic carbocycles. The third-order valence-corrected chi connectivity index (χ3v) is 4.00. The maximum Gasteiger partial charge on any atom is 0.298 e. The lowest BCUT2D eigenvalue weighted by Gasteiger charge is -2.13. The normalized spacial score (nSPS) is 18.1. The van der Waals surface area contributed by atoms with E-state index in [9.17, 15) is 4.79 Å². The van der Waals surface area contributed by atoms with E-state index in [0.717, 1.165) is 18.5 Å². The van der Waals surface area contributed by atoms with Gasteiger partial charge < -0.3 is 4.90 Å². The molecule has 0 spiro atoms. The topological polar surface area (TPSA) is 20.3 Å². The Morgan fingerprint density at radius 1 is 1.42 bits per heavy atom. The maximum absolute atomic E-state index is 11.8. The number of carbonyl (C=O) groups is 1. The lowest BCUT2D eigenvalue weighted by Crippen LogP contribution is -2.26. The van der Waals surface area contributed by atoms with Crippen molar-refractivity contribution in [2.75, 3.05) is 13.1 Å². The van der Waals surface area contributed by atoms with Crippen LogP contribution in [-0.4, -0.2) is 23.9 Å². The number of likely N-dealkylation sites (tertiary alicyclic amines) is 1. The fourth-order valence-corrected chi connectivity index (χ4v) is 2.53. The van der Waals surface area contributed by atoms with Gasteiger partial charge >= 0.3 is 0 Å². The van der Waals surface area contributed by atoms with Crippen LogP contribution in [0.1, 0.15) is 31.2 Å². The molecule has 1 aliphatic heterocycles. The molecule has 2 rings (SSSR count). The molecule has 0 aliphatic carbocycles. The molecule has 1 fully saturated rings. The SMILES string of the molecule is CCC#CC(=O)N1CCC(c2ccc(Cl)c(Cl)c2)C1. The Morgan fingerprint density at radius 2 is 2.21 bits per heavy atom. The van der Waals surface area contributed by atoms with Crippen LogP contribution in [0.15, 0.2) is 18.2 Å². The van der Waals surface area contributed by atoms with Gasteiger partial charge in [0.2, 0.25) is 0 Å².